The van der Waals surface area contributed by atoms with E-state index in [9.17, 15) is 9.59 Å². The van der Waals surface area contributed by atoms with E-state index in [0.717, 1.165) is 38.5 Å². The molecule has 0 atom stereocenters. The lowest BCUT2D eigenvalue weighted by Crippen LogP contribution is -2.15. The van der Waals surface area contributed by atoms with Gasteiger partial charge >= 0.3 is 11.9 Å². The van der Waals surface area contributed by atoms with Gasteiger partial charge in [-0.15, -0.1) is 0 Å². The molecule has 0 fully saturated rings. The van der Waals surface area contributed by atoms with Gasteiger partial charge in [-0.1, -0.05) is 72.8 Å². The molecule has 0 aliphatic rings. The molecule has 0 spiro atoms. The largest absolute Gasteiger partial charge is 0.462 e. The average molecular weight is 431 g/mol. The lowest BCUT2D eigenvalue weighted by molar-refractivity contribution is 0.0451. The van der Waals surface area contributed by atoms with Gasteiger partial charge in [0.25, 0.3) is 0 Å². The number of hydrogen-bond donors (Lipinski definition) is 0. The van der Waals surface area contributed by atoms with Gasteiger partial charge in [-0.3, -0.25) is 0 Å². The van der Waals surface area contributed by atoms with Gasteiger partial charge in [-0.25, -0.2) is 9.59 Å². The zero-order valence-corrected chi connectivity index (χ0v) is 18.4. The van der Waals surface area contributed by atoms with Crippen LogP contribution in [0.3, 0.4) is 0 Å². The minimum Gasteiger partial charge on any atom is -0.462 e. The van der Waals surface area contributed by atoms with Crippen LogP contribution in [0.4, 0.5) is 0 Å². The van der Waals surface area contributed by atoms with Crippen LogP contribution in [0, 0.1) is 0 Å². The summed E-state index contributed by atoms with van der Waals surface area (Å²) in [5, 5.41) is 0. The summed E-state index contributed by atoms with van der Waals surface area (Å²) < 4.78 is 10.8. The van der Waals surface area contributed by atoms with Gasteiger partial charge in [0.2, 0.25) is 0 Å². The van der Waals surface area contributed by atoms with Crippen LogP contribution in [0.1, 0.15) is 57.5 Å². The second kappa shape index (κ2) is 13.1. The van der Waals surface area contributed by atoms with Gasteiger partial charge < -0.3 is 9.47 Å². The van der Waals surface area contributed by atoms with Crippen molar-refractivity contribution in [1.29, 1.82) is 0 Å². The Labute approximate surface area is 190 Å². The molecule has 166 valence electrons. The molecule has 0 radical (unpaired) electrons. The molecular weight excluding hydrogens is 400 g/mol. The van der Waals surface area contributed by atoms with Crippen LogP contribution in [0.25, 0.3) is 0 Å². The van der Waals surface area contributed by atoms with Gasteiger partial charge in [0.1, 0.15) is 0 Å². The van der Waals surface area contributed by atoms with E-state index in [0.29, 0.717) is 13.2 Å². The maximum atomic E-state index is 12.5. The Morgan fingerprint density at radius 1 is 0.500 bits per heavy atom. The molecule has 0 unspecified atom stereocenters. The van der Waals surface area contributed by atoms with Crippen molar-refractivity contribution in [3.05, 3.63) is 107 Å². The molecule has 0 saturated heterocycles. The fraction of sp³-hybridized carbons (Fsp3) is 0.286. The van der Waals surface area contributed by atoms with Crippen LogP contribution in [-0.2, 0) is 22.3 Å². The first kappa shape index (κ1) is 23.3. The van der Waals surface area contributed by atoms with Gasteiger partial charge in [-0.2, -0.15) is 0 Å². The van der Waals surface area contributed by atoms with Gasteiger partial charge in [-0.05, 0) is 61.8 Å². The monoisotopic (exact) mass is 430 g/mol. The first-order valence-corrected chi connectivity index (χ1v) is 11.2. The molecule has 0 heterocycles. The third-order valence-electron chi connectivity index (χ3n) is 5.24. The molecule has 0 saturated carbocycles. The molecule has 0 aromatic heterocycles. The number of esters is 2. The molecule has 0 aliphatic heterocycles. The van der Waals surface area contributed by atoms with E-state index in [1.165, 1.54) is 11.1 Å². The van der Waals surface area contributed by atoms with E-state index >= 15 is 0 Å². The fourth-order valence-corrected chi connectivity index (χ4v) is 3.48. The Morgan fingerprint density at radius 2 is 0.875 bits per heavy atom. The Balaban J connectivity index is 1.39. The number of rotatable bonds is 12. The van der Waals surface area contributed by atoms with Crippen molar-refractivity contribution in [2.24, 2.45) is 0 Å². The van der Waals surface area contributed by atoms with Gasteiger partial charge in [0.05, 0.1) is 24.3 Å². The highest BCUT2D eigenvalue weighted by atomic mass is 16.5. The van der Waals surface area contributed by atoms with E-state index in [1.807, 2.05) is 36.4 Å². The number of unbranched alkanes of at least 4 members (excludes halogenated alkanes) is 2. The van der Waals surface area contributed by atoms with Gasteiger partial charge in [0, 0.05) is 0 Å². The Bertz CT molecular complexity index is 886. The van der Waals surface area contributed by atoms with Crippen LogP contribution in [0.5, 0.6) is 0 Å². The second-order valence-corrected chi connectivity index (χ2v) is 7.70. The summed E-state index contributed by atoms with van der Waals surface area (Å²) in [6, 6.07) is 27.1. The smallest absolute Gasteiger partial charge is 0.339 e. The van der Waals surface area contributed by atoms with E-state index in [1.54, 1.807) is 24.3 Å². The zero-order chi connectivity index (χ0) is 22.4. The summed E-state index contributed by atoms with van der Waals surface area (Å²) in [5.41, 5.74) is 3.06. The highest BCUT2D eigenvalue weighted by Crippen LogP contribution is 2.14. The molecule has 0 N–H and O–H groups in total. The SMILES string of the molecule is O=C(OCCCCc1ccccc1)c1ccccc1C(=O)OCCCCc1ccccc1. The summed E-state index contributed by atoms with van der Waals surface area (Å²) in [5.74, 6) is -0.970. The summed E-state index contributed by atoms with van der Waals surface area (Å²) in [6.45, 7) is 0.656. The maximum Gasteiger partial charge on any atom is 0.339 e. The predicted molar refractivity (Wildman–Crippen MR) is 126 cm³/mol. The van der Waals surface area contributed by atoms with Crippen LogP contribution >= 0.6 is 0 Å². The number of ether oxygens (including phenoxy) is 2. The van der Waals surface area contributed by atoms with Crippen molar-refractivity contribution in [1.82, 2.24) is 0 Å². The molecule has 0 bridgehead atoms. The third kappa shape index (κ3) is 7.69. The summed E-state index contributed by atoms with van der Waals surface area (Å²) >= 11 is 0. The molecule has 0 amide bonds. The Morgan fingerprint density at radius 3 is 1.28 bits per heavy atom. The van der Waals surface area contributed by atoms with E-state index < -0.39 is 11.9 Å². The van der Waals surface area contributed by atoms with Crippen molar-refractivity contribution >= 4 is 11.9 Å². The predicted octanol–water partition coefficient (Wildman–Crippen LogP) is 6.05. The lowest BCUT2D eigenvalue weighted by Gasteiger charge is -2.10. The summed E-state index contributed by atoms with van der Waals surface area (Å²) in [4.78, 5) is 25.0. The van der Waals surface area contributed by atoms with Gasteiger partial charge in [0.15, 0.2) is 0 Å². The minimum absolute atomic E-state index is 0.254. The lowest BCUT2D eigenvalue weighted by atomic mass is 10.1. The topological polar surface area (TPSA) is 52.6 Å². The van der Waals surface area contributed by atoms with Crippen LogP contribution in [0.15, 0.2) is 84.9 Å². The highest BCUT2D eigenvalue weighted by molar-refractivity contribution is 6.03. The molecule has 0 aliphatic carbocycles. The number of hydrogen-bond acceptors (Lipinski definition) is 4. The van der Waals surface area contributed by atoms with Crippen LogP contribution < -0.4 is 0 Å². The van der Waals surface area contributed by atoms with Crippen molar-refractivity contribution < 1.29 is 19.1 Å². The van der Waals surface area contributed by atoms with Crippen molar-refractivity contribution in [2.75, 3.05) is 13.2 Å². The molecule has 4 nitrogen and oxygen atoms in total. The van der Waals surface area contributed by atoms with Crippen molar-refractivity contribution in [2.45, 2.75) is 38.5 Å². The van der Waals surface area contributed by atoms with Crippen molar-refractivity contribution in [3.63, 3.8) is 0 Å². The number of aryl methyl sites for hydroxylation is 2. The molecular formula is C28H30O4. The second-order valence-electron chi connectivity index (χ2n) is 7.70. The summed E-state index contributed by atoms with van der Waals surface area (Å²) in [6.07, 6.45) is 5.31. The Hall–Kier alpha value is -3.40. The minimum atomic E-state index is -0.485. The molecule has 32 heavy (non-hydrogen) atoms. The summed E-state index contributed by atoms with van der Waals surface area (Å²) in [7, 11) is 0. The van der Waals surface area contributed by atoms with Crippen LogP contribution in [-0.4, -0.2) is 25.2 Å². The number of carbonyl (C=O) groups excluding carboxylic acids is 2. The van der Waals surface area contributed by atoms with Crippen LogP contribution in [0.2, 0.25) is 0 Å². The van der Waals surface area contributed by atoms with E-state index in [2.05, 4.69) is 24.3 Å². The van der Waals surface area contributed by atoms with E-state index in [-0.39, 0.29) is 11.1 Å². The first-order valence-electron chi connectivity index (χ1n) is 11.2. The number of benzene rings is 3. The fourth-order valence-electron chi connectivity index (χ4n) is 3.48. The average Bonchev–Trinajstić information content (AvgIpc) is 2.84. The quantitative estimate of drug-likeness (QED) is 0.259. The molecule has 4 heteroatoms. The third-order valence-corrected chi connectivity index (χ3v) is 5.24. The number of carbonyl (C=O) groups is 2. The zero-order valence-electron chi connectivity index (χ0n) is 18.4. The molecule has 3 aromatic carbocycles. The standard InChI is InChI=1S/C28H30O4/c29-27(31-21-11-9-17-23-13-3-1-4-14-23)25-19-7-8-20-26(25)28(30)32-22-12-10-18-24-15-5-2-6-16-24/h1-8,13-16,19-20H,9-12,17-18,21-22H2. The maximum absolute atomic E-state index is 12.5. The van der Waals surface area contributed by atoms with E-state index in [4.69, 9.17) is 9.47 Å². The Kier molecular flexibility index (Phi) is 9.53. The first-order chi connectivity index (χ1) is 15.7. The normalized spacial score (nSPS) is 10.5. The molecule has 3 rings (SSSR count). The van der Waals surface area contributed by atoms with Crippen molar-refractivity contribution in [3.8, 4) is 0 Å². The highest BCUT2D eigenvalue weighted by Gasteiger charge is 2.18. The molecule has 3 aromatic rings.